The van der Waals surface area contributed by atoms with E-state index in [0.717, 1.165) is 25.1 Å². The van der Waals surface area contributed by atoms with Crippen LogP contribution in [0.2, 0.25) is 0 Å². The number of unbranched alkanes of at least 4 members (excludes halogenated alkanes) is 1. The summed E-state index contributed by atoms with van der Waals surface area (Å²) in [6, 6.07) is 5.31. The Balaban J connectivity index is 2.45. The predicted molar refractivity (Wildman–Crippen MR) is 108 cm³/mol. The fourth-order valence-electron chi connectivity index (χ4n) is 2.50. The number of nitrogens with one attached hydrogen (secondary N) is 2. The van der Waals surface area contributed by atoms with E-state index in [1.165, 1.54) is 6.26 Å². The average Bonchev–Trinajstić information content (AvgIpc) is 2.54. The van der Waals surface area contributed by atoms with Crippen molar-refractivity contribution in [3.05, 3.63) is 34.2 Å². The summed E-state index contributed by atoms with van der Waals surface area (Å²) in [5, 5.41) is 6.41. The topological polar surface area (TPSA) is 92.6 Å². The number of guanidine groups is 1. The lowest BCUT2D eigenvalue weighted by Crippen LogP contribution is -2.42. The maximum absolute atomic E-state index is 11.8. The summed E-state index contributed by atoms with van der Waals surface area (Å²) in [7, 11) is -2.95. The molecule has 1 atom stereocenters. The third-order valence-electron chi connectivity index (χ3n) is 3.98. The highest BCUT2D eigenvalue weighted by atomic mass is 32.2. The highest BCUT2D eigenvalue weighted by Crippen LogP contribution is 1.99. The zero-order valence-corrected chi connectivity index (χ0v) is 17.1. The Kier molecular flexibility index (Phi) is 9.40. The van der Waals surface area contributed by atoms with Crippen LogP contribution in [-0.4, -0.2) is 50.1 Å². The van der Waals surface area contributed by atoms with Crippen LogP contribution in [0.1, 0.15) is 38.8 Å². The molecule has 0 amide bonds. The fourth-order valence-corrected chi connectivity index (χ4v) is 3.28. The highest BCUT2D eigenvalue weighted by molar-refractivity contribution is 7.90. The summed E-state index contributed by atoms with van der Waals surface area (Å²) in [5.41, 5.74) is 0.999. The van der Waals surface area contributed by atoms with Crippen molar-refractivity contribution < 1.29 is 8.42 Å². The number of sulfone groups is 1. The van der Waals surface area contributed by atoms with E-state index in [0.29, 0.717) is 25.5 Å². The summed E-state index contributed by atoms with van der Waals surface area (Å²) < 4.78 is 24.3. The SMILES string of the molecule is CCNC(=NCCCCn1c(C)cccc1=O)NC(C)CCS(C)(=O)=O. The minimum Gasteiger partial charge on any atom is -0.357 e. The van der Waals surface area contributed by atoms with E-state index >= 15 is 0 Å². The second-order valence-corrected chi connectivity index (χ2v) is 8.85. The Morgan fingerprint density at radius 2 is 2.04 bits per heavy atom. The van der Waals surface area contributed by atoms with Gasteiger partial charge in [-0.2, -0.15) is 0 Å². The number of aryl methyl sites for hydroxylation is 1. The third kappa shape index (κ3) is 9.03. The van der Waals surface area contributed by atoms with E-state index in [4.69, 9.17) is 0 Å². The maximum atomic E-state index is 11.8. The molecule has 8 heteroatoms. The Labute approximate surface area is 156 Å². The summed E-state index contributed by atoms with van der Waals surface area (Å²) >= 11 is 0. The molecule has 0 spiro atoms. The van der Waals surface area contributed by atoms with Gasteiger partial charge in [-0.1, -0.05) is 6.07 Å². The van der Waals surface area contributed by atoms with Crippen molar-refractivity contribution in [1.82, 2.24) is 15.2 Å². The van der Waals surface area contributed by atoms with Crippen LogP contribution in [0.3, 0.4) is 0 Å². The minimum absolute atomic E-state index is 0.0214. The van der Waals surface area contributed by atoms with E-state index < -0.39 is 9.84 Å². The molecule has 0 aliphatic heterocycles. The first-order chi connectivity index (χ1) is 12.2. The number of hydrogen-bond donors (Lipinski definition) is 2. The summed E-state index contributed by atoms with van der Waals surface area (Å²) in [5.74, 6) is 0.854. The monoisotopic (exact) mass is 384 g/mol. The Hall–Kier alpha value is -1.83. The molecule has 0 bridgehead atoms. The van der Waals surface area contributed by atoms with Gasteiger partial charge in [0.25, 0.3) is 5.56 Å². The van der Waals surface area contributed by atoms with Gasteiger partial charge < -0.3 is 15.2 Å². The van der Waals surface area contributed by atoms with Gasteiger partial charge in [0.15, 0.2) is 5.96 Å². The Bertz CT molecular complexity index is 741. The van der Waals surface area contributed by atoms with Crippen molar-refractivity contribution in [3.63, 3.8) is 0 Å². The summed E-state index contributed by atoms with van der Waals surface area (Å²) in [6.07, 6.45) is 3.53. The molecule has 2 N–H and O–H groups in total. The molecule has 1 aromatic heterocycles. The number of aromatic nitrogens is 1. The van der Waals surface area contributed by atoms with E-state index in [2.05, 4.69) is 15.6 Å². The first kappa shape index (κ1) is 22.2. The van der Waals surface area contributed by atoms with Gasteiger partial charge in [-0.25, -0.2) is 8.42 Å². The van der Waals surface area contributed by atoms with Crippen LogP contribution in [0.25, 0.3) is 0 Å². The van der Waals surface area contributed by atoms with E-state index in [1.807, 2.05) is 26.8 Å². The molecule has 0 saturated heterocycles. The zero-order chi connectivity index (χ0) is 19.6. The van der Waals surface area contributed by atoms with Gasteiger partial charge in [0, 0.05) is 43.7 Å². The summed E-state index contributed by atoms with van der Waals surface area (Å²) in [4.78, 5) is 16.4. The lowest BCUT2D eigenvalue weighted by atomic mass is 10.2. The van der Waals surface area contributed by atoms with Crippen molar-refractivity contribution >= 4 is 15.8 Å². The number of rotatable bonds is 10. The number of pyridine rings is 1. The van der Waals surface area contributed by atoms with Crippen molar-refractivity contribution in [2.24, 2.45) is 4.99 Å². The lowest BCUT2D eigenvalue weighted by Gasteiger charge is -2.17. The third-order valence-corrected chi connectivity index (χ3v) is 4.95. The molecule has 0 aliphatic carbocycles. The molecule has 0 aliphatic rings. The average molecular weight is 385 g/mol. The maximum Gasteiger partial charge on any atom is 0.250 e. The van der Waals surface area contributed by atoms with Gasteiger partial charge in [0.1, 0.15) is 9.84 Å². The quantitative estimate of drug-likeness (QED) is 0.360. The van der Waals surface area contributed by atoms with Crippen LogP contribution in [0.15, 0.2) is 28.0 Å². The molecule has 1 heterocycles. The van der Waals surface area contributed by atoms with Crippen molar-refractivity contribution in [3.8, 4) is 0 Å². The van der Waals surface area contributed by atoms with Crippen LogP contribution < -0.4 is 16.2 Å². The zero-order valence-electron chi connectivity index (χ0n) is 16.3. The van der Waals surface area contributed by atoms with Gasteiger partial charge in [-0.05, 0) is 46.1 Å². The fraction of sp³-hybridized carbons (Fsp3) is 0.667. The smallest absolute Gasteiger partial charge is 0.250 e. The second kappa shape index (κ2) is 11.0. The molecule has 7 nitrogen and oxygen atoms in total. The molecule has 148 valence electrons. The predicted octanol–water partition coefficient (Wildman–Crippen LogP) is 1.32. The lowest BCUT2D eigenvalue weighted by molar-refractivity contribution is 0.576. The molecule has 0 radical (unpaired) electrons. The van der Waals surface area contributed by atoms with Crippen LogP contribution >= 0.6 is 0 Å². The van der Waals surface area contributed by atoms with Gasteiger partial charge in [0.05, 0.1) is 5.75 Å². The van der Waals surface area contributed by atoms with Crippen LogP contribution in [0, 0.1) is 6.92 Å². The molecular weight excluding hydrogens is 352 g/mol. The summed E-state index contributed by atoms with van der Waals surface area (Å²) in [6.45, 7) is 7.95. The van der Waals surface area contributed by atoms with Crippen molar-refractivity contribution in [2.75, 3.05) is 25.1 Å². The van der Waals surface area contributed by atoms with Crippen molar-refractivity contribution in [1.29, 1.82) is 0 Å². The van der Waals surface area contributed by atoms with E-state index in [9.17, 15) is 13.2 Å². The van der Waals surface area contributed by atoms with Crippen LogP contribution in [0.4, 0.5) is 0 Å². The molecule has 0 fully saturated rings. The molecule has 1 rings (SSSR count). The van der Waals surface area contributed by atoms with Crippen LogP contribution in [0.5, 0.6) is 0 Å². The van der Waals surface area contributed by atoms with Gasteiger partial charge in [-0.15, -0.1) is 0 Å². The Morgan fingerprint density at radius 1 is 1.31 bits per heavy atom. The van der Waals surface area contributed by atoms with Crippen molar-refractivity contribution in [2.45, 2.75) is 52.6 Å². The largest absolute Gasteiger partial charge is 0.357 e. The minimum atomic E-state index is -2.95. The molecule has 0 aromatic carbocycles. The van der Waals surface area contributed by atoms with Gasteiger partial charge in [0.2, 0.25) is 0 Å². The van der Waals surface area contributed by atoms with Gasteiger partial charge >= 0.3 is 0 Å². The van der Waals surface area contributed by atoms with Gasteiger partial charge in [-0.3, -0.25) is 9.79 Å². The molecule has 1 aromatic rings. The molecular formula is C18H32N4O3S. The number of nitrogens with zero attached hydrogens (tertiary/aromatic N) is 2. The Morgan fingerprint density at radius 3 is 2.65 bits per heavy atom. The standard InChI is InChI=1S/C18H32N4O3S/c1-5-19-18(21-15(2)11-14-26(4,24)25)20-12-6-7-13-22-16(3)9-8-10-17(22)23/h8-10,15H,5-7,11-14H2,1-4H3,(H2,19,20,21). The van der Waals surface area contributed by atoms with Crippen LogP contribution in [-0.2, 0) is 16.4 Å². The highest BCUT2D eigenvalue weighted by Gasteiger charge is 2.09. The number of hydrogen-bond acceptors (Lipinski definition) is 4. The number of aliphatic imine (C=N–C) groups is 1. The molecule has 26 heavy (non-hydrogen) atoms. The molecule has 0 saturated carbocycles. The second-order valence-electron chi connectivity index (χ2n) is 6.59. The van der Waals surface area contributed by atoms with E-state index in [1.54, 1.807) is 16.7 Å². The molecule has 1 unspecified atom stereocenters. The van der Waals surface area contributed by atoms with E-state index in [-0.39, 0.29) is 17.4 Å². The first-order valence-electron chi connectivity index (χ1n) is 9.12. The normalized spacial score (nSPS) is 13.5. The first-order valence-corrected chi connectivity index (χ1v) is 11.2.